The minimum atomic E-state index is -0.264. The summed E-state index contributed by atoms with van der Waals surface area (Å²) in [4.78, 5) is 12.8. The van der Waals surface area contributed by atoms with Crippen LogP contribution in [0.5, 0.6) is 28.7 Å². The van der Waals surface area contributed by atoms with Crippen molar-refractivity contribution in [2.75, 3.05) is 34.6 Å². The molecule has 0 bridgehead atoms. The normalized spacial score (nSPS) is 12.1. The highest BCUT2D eigenvalue weighted by Crippen LogP contribution is 2.36. The summed E-state index contributed by atoms with van der Waals surface area (Å²) in [6.45, 7) is 0.124. The predicted octanol–water partition coefficient (Wildman–Crippen LogP) is 2.90. The average Bonchev–Trinajstić information content (AvgIpc) is 3.16. The molecule has 8 nitrogen and oxygen atoms in total. The van der Waals surface area contributed by atoms with Gasteiger partial charge in [-0.25, -0.2) is 0 Å². The molecular weight excluding hydrogens is 368 g/mol. The van der Waals surface area contributed by atoms with Gasteiger partial charge in [0.15, 0.2) is 30.9 Å². The minimum Gasteiger partial charge on any atom is -0.507 e. The van der Waals surface area contributed by atoms with E-state index >= 15 is 0 Å². The van der Waals surface area contributed by atoms with Crippen LogP contribution in [0.4, 0.5) is 0 Å². The first-order chi connectivity index (χ1) is 13.6. The second kappa shape index (κ2) is 9.29. The van der Waals surface area contributed by atoms with Crippen LogP contribution in [-0.4, -0.2) is 45.5 Å². The third kappa shape index (κ3) is 4.65. The molecule has 0 fully saturated rings. The number of hydrogen-bond donors (Lipinski definition) is 1. The van der Waals surface area contributed by atoms with Gasteiger partial charge in [0.2, 0.25) is 6.79 Å². The number of carbonyl (C=O) groups is 1. The van der Waals surface area contributed by atoms with Crippen molar-refractivity contribution < 1.29 is 38.3 Å². The fourth-order valence-electron chi connectivity index (χ4n) is 2.78. The largest absolute Gasteiger partial charge is 0.507 e. The Bertz CT molecular complexity index is 833. The Kier molecular flexibility index (Phi) is 6.57. The van der Waals surface area contributed by atoms with E-state index in [0.29, 0.717) is 23.7 Å². The molecule has 0 aromatic heterocycles. The number of ether oxygens (including phenoxy) is 6. The number of carbonyl (C=O) groups excluding carboxylic acids is 1. The van der Waals surface area contributed by atoms with E-state index in [9.17, 15) is 9.90 Å². The minimum absolute atomic E-state index is 0.000560. The van der Waals surface area contributed by atoms with E-state index in [1.807, 2.05) is 18.2 Å². The molecule has 150 valence electrons. The summed E-state index contributed by atoms with van der Waals surface area (Å²) in [5.41, 5.74) is 1.01. The number of phenols is 1. The molecule has 2 aromatic carbocycles. The molecule has 1 aliphatic heterocycles. The zero-order valence-corrected chi connectivity index (χ0v) is 15.7. The van der Waals surface area contributed by atoms with E-state index in [4.69, 9.17) is 28.4 Å². The summed E-state index contributed by atoms with van der Waals surface area (Å²) in [5, 5.41) is 10.4. The molecule has 1 N–H and O–H groups in total. The number of rotatable bonds is 10. The fraction of sp³-hybridized carbons (Fsp3) is 0.350. The van der Waals surface area contributed by atoms with Gasteiger partial charge in [-0.1, -0.05) is 6.07 Å². The zero-order valence-electron chi connectivity index (χ0n) is 15.7. The van der Waals surface area contributed by atoms with E-state index in [2.05, 4.69) is 0 Å². The van der Waals surface area contributed by atoms with Crippen molar-refractivity contribution in [1.82, 2.24) is 0 Å². The average molecular weight is 390 g/mol. The highest BCUT2D eigenvalue weighted by Gasteiger charge is 2.21. The van der Waals surface area contributed by atoms with Crippen LogP contribution in [0, 0.1) is 0 Å². The van der Waals surface area contributed by atoms with Crippen LogP contribution in [0.15, 0.2) is 30.3 Å². The molecule has 2 aromatic rings. The summed E-state index contributed by atoms with van der Waals surface area (Å²) < 4.78 is 31.2. The first-order valence-corrected chi connectivity index (χ1v) is 8.64. The van der Waals surface area contributed by atoms with Crippen LogP contribution in [0.2, 0.25) is 0 Å². The third-order valence-corrected chi connectivity index (χ3v) is 4.09. The first-order valence-electron chi connectivity index (χ1n) is 8.64. The molecule has 8 heteroatoms. The molecule has 3 rings (SSSR count). The van der Waals surface area contributed by atoms with Gasteiger partial charge >= 0.3 is 0 Å². The Morgan fingerprint density at radius 3 is 2.57 bits per heavy atom. The number of aromatic hydroxyl groups is 1. The SMILES string of the molecule is COCOc1cc(O)c(C(=O)CCc2ccc3c(c2)OCO3)c(OCOC)c1. The number of methoxy groups -OCH3 is 2. The van der Waals surface area contributed by atoms with Gasteiger partial charge in [0.05, 0.1) is 0 Å². The van der Waals surface area contributed by atoms with E-state index < -0.39 is 0 Å². The molecule has 0 saturated carbocycles. The Labute approximate surface area is 162 Å². The molecule has 1 aliphatic rings. The quantitative estimate of drug-likeness (QED) is 0.489. The van der Waals surface area contributed by atoms with Crippen molar-refractivity contribution in [3.8, 4) is 28.7 Å². The lowest BCUT2D eigenvalue weighted by Gasteiger charge is -2.14. The summed E-state index contributed by atoms with van der Waals surface area (Å²) in [6.07, 6.45) is 0.648. The lowest BCUT2D eigenvalue weighted by Crippen LogP contribution is -2.09. The van der Waals surface area contributed by atoms with Crippen molar-refractivity contribution >= 4 is 5.78 Å². The van der Waals surface area contributed by atoms with Crippen LogP contribution in [0.3, 0.4) is 0 Å². The highest BCUT2D eigenvalue weighted by molar-refractivity contribution is 6.01. The predicted molar refractivity (Wildman–Crippen MR) is 98.3 cm³/mol. The summed E-state index contributed by atoms with van der Waals surface area (Å²) in [6, 6.07) is 8.41. The number of benzene rings is 2. The van der Waals surface area contributed by atoms with Crippen LogP contribution < -0.4 is 18.9 Å². The van der Waals surface area contributed by atoms with Crippen molar-refractivity contribution in [1.29, 1.82) is 0 Å². The van der Waals surface area contributed by atoms with Crippen LogP contribution >= 0.6 is 0 Å². The first kappa shape index (κ1) is 19.8. The second-order valence-corrected chi connectivity index (χ2v) is 6.03. The number of Topliss-reactive ketones (excluding diaryl/α,β-unsaturated/α-hetero) is 1. The molecule has 0 unspecified atom stereocenters. The lowest BCUT2D eigenvalue weighted by molar-refractivity contribution is 0.0452. The molecule has 0 atom stereocenters. The highest BCUT2D eigenvalue weighted by atomic mass is 16.7. The van der Waals surface area contributed by atoms with E-state index in [-0.39, 0.29) is 49.6 Å². The number of phenolic OH excluding ortho intramolecular Hbond substituents is 1. The van der Waals surface area contributed by atoms with Crippen LogP contribution in [0.1, 0.15) is 22.3 Å². The Morgan fingerprint density at radius 2 is 1.79 bits per heavy atom. The third-order valence-electron chi connectivity index (χ3n) is 4.09. The van der Waals surface area contributed by atoms with E-state index in [1.54, 1.807) is 0 Å². The van der Waals surface area contributed by atoms with E-state index in [0.717, 1.165) is 5.56 Å². The standard InChI is InChI=1S/C20H22O8/c1-23-10-25-14-8-16(22)20(19(9-14)26-11-24-2)15(21)5-3-13-4-6-17-18(7-13)28-12-27-17/h4,6-9,22H,3,5,10-12H2,1-2H3. The van der Waals surface area contributed by atoms with Gasteiger partial charge in [-0.15, -0.1) is 0 Å². The maximum atomic E-state index is 12.8. The van der Waals surface area contributed by atoms with Gasteiger partial charge < -0.3 is 33.5 Å². The van der Waals surface area contributed by atoms with Gasteiger partial charge in [0.1, 0.15) is 22.8 Å². The van der Waals surface area contributed by atoms with Gasteiger partial charge in [-0.2, -0.15) is 0 Å². The second-order valence-electron chi connectivity index (χ2n) is 6.03. The molecule has 1 heterocycles. The Morgan fingerprint density at radius 1 is 1.04 bits per heavy atom. The van der Waals surface area contributed by atoms with E-state index in [1.165, 1.54) is 26.4 Å². The zero-order chi connectivity index (χ0) is 19.9. The molecule has 0 saturated heterocycles. The monoisotopic (exact) mass is 390 g/mol. The Hall–Kier alpha value is -2.97. The molecular formula is C20H22O8. The number of fused-ring (bicyclic) bond motifs is 1. The van der Waals surface area contributed by atoms with Gasteiger partial charge in [0.25, 0.3) is 0 Å². The van der Waals surface area contributed by atoms with Gasteiger partial charge in [0, 0.05) is 32.8 Å². The van der Waals surface area contributed by atoms with Crippen molar-refractivity contribution in [3.05, 3.63) is 41.5 Å². The molecule has 0 aliphatic carbocycles. The lowest BCUT2D eigenvalue weighted by atomic mass is 10.0. The Balaban J connectivity index is 1.75. The fourth-order valence-corrected chi connectivity index (χ4v) is 2.78. The van der Waals surface area contributed by atoms with Crippen molar-refractivity contribution in [3.63, 3.8) is 0 Å². The summed E-state index contributed by atoms with van der Waals surface area (Å²) in [5.74, 6) is 1.36. The van der Waals surface area contributed by atoms with Crippen LogP contribution in [0.25, 0.3) is 0 Å². The molecule has 28 heavy (non-hydrogen) atoms. The smallest absolute Gasteiger partial charge is 0.231 e. The van der Waals surface area contributed by atoms with Gasteiger partial charge in [-0.05, 0) is 24.1 Å². The number of hydrogen-bond acceptors (Lipinski definition) is 8. The van der Waals surface area contributed by atoms with Gasteiger partial charge in [-0.3, -0.25) is 4.79 Å². The van der Waals surface area contributed by atoms with Crippen LogP contribution in [-0.2, 0) is 15.9 Å². The maximum absolute atomic E-state index is 12.8. The maximum Gasteiger partial charge on any atom is 0.231 e. The van der Waals surface area contributed by atoms with Crippen molar-refractivity contribution in [2.45, 2.75) is 12.8 Å². The van der Waals surface area contributed by atoms with Crippen molar-refractivity contribution in [2.24, 2.45) is 0 Å². The summed E-state index contributed by atoms with van der Waals surface area (Å²) in [7, 11) is 2.95. The number of ketones is 1. The molecule has 0 spiro atoms. The summed E-state index contributed by atoms with van der Waals surface area (Å²) >= 11 is 0. The molecule has 0 amide bonds. The number of aryl methyl sites for hydroxylation is 1. The topological polar surface area (TPSA) is 92.7 Å². The molecule has 0 radical (unpaired) electrons.